The van der Waals surface area contributed by atoms with Crippen molar-refractivity contribution >= 4 is 39.7 Å². The van der Waals surface area contributed by atoms with Crippen molar-refractivity contribution in [3.05, 3.63) is 62.2 Å². The maximum Gasteiger partial charge on any atom is 0.416 e. The summed E-state index contributed by atoms with van der Waals surface area (Å²) in [6, 6.07) is 8.62. The van der Waals surface area contributed by atoms with Crippen LogP contribution < -0.4 is 15.1 Å². The zero-order valence-electron chi connectivity index (χ0n) is 20.1. The minimum absolute atomic E-state index is 0.0919. The first kappa shape index (κ1) is 25.4. The zero-order valence-corrected chi connectivity index (χ0v) is 20.1. The number of piperazine rings is 1. The average molecular weight is 531 g/mol. The Morgan fingerprint density at radius 3 is 2.05 bits per heavy atom. The highest BCUT2D eigenvalue weighted by Gasteiger charge is 2.40. The quantitative estimate of drug-likeness (QED) is 0.339. The number of nitro benzene ring substituents is 2. The van der Waals surface area contributed by atoms with Crippen molar-refractivity contribution in [3.8, 4) is 0 Å². The fraction of sp³-hybridized carbons (Fsp3) is 0.417. The van der Waals surface area contributed by atoms with E-state index in [-0.39, 0.29) is 26.2 Å². The molecule has 2 fully saturated rings. The van der Waals surface area contributed by atoms with Gasteiger partial charge in [-0.3, -0.25) is 20.2 Å². The van der Waals surface area contributed by atoms with E-state index in [1.165, 1.54) is 4.90 Å². The van der Waals surface area contributed by atoms with Gasteiger partial charge in [-0.15, -0.1) is 0 Å². The summed E-state index contributed by atoms with van der Waals surface area (Å²) in [6.45, 7) is 0.705. The van der Waals surface area contributed by atoms with Crippen LogP contribution in [-0.2, 0) is 6.18 Å². The van der Waals surface area contributed by atoms with Gasteiger partial charge in [-0.2, -0.15) is 18.2 Å². The van der Waals surface area contributed by atoms with Gasteiger partial charge in [0.05, 0.1) is 20.9 Å². The van der Waals surface area contributed by atoms with Gasteiger partial charge in [-0.25, -0.2) is 4.98 Å². The molecule has 0 spiro atoms. The minimum Gasteiger partial charge on any atom is -0.367 e. The van der Waals surface area contributed by atoms with Crippen LogP contribution in [0.3, 0.4) is 0 Å². The number of nitrogens with one attached hydrogen (secondary N) is 1. The third kappa shape index (κ3) is 4.97. The molecule has 14 heteroatoms. The number of aromatic nitrogens is 2. The Hall–Kier alpha value is -4.23. The highest BCUT2D eigenvalue weighted by atomic mass is 19.4. The summed E-state index contributed by atoms with van der Waals surface area (Å²) in [7, 11) is 0. The molecule has 2 aromatic carbocycles. The second-order valence-corrected chi connectivity index (χ2v) is 9.36. The molecule has 1 saturated carbocycles. The number of rotatable bonds is 6. The van der Waals surface area contributed by atoms with Crippen LogP contribution in [0.5, 0.6) is 0 Å². The minimum atomic E-state index is -4.97. The van der Waals surface area contributed by atoms with E-state index in [0.29, 0.717) is 29.9 Å². The zero-order chi connectivity index (χ0) is 27.0. The van der Waals surface area contributed by atoms with Gasteiger partial charge in [0.25, 0.3) is 11.4 Å². The van der Waals surface area contributed by atoms with E-state index in [4.69, 9.17) is 4.98 Å². The number of fused-ring (bicyclic) bond motifs is 1. The largest absolute Gasteiger partial charge is 0.416 e. The molecule has 0 amide bonds. The number of benzene rings is 2. The average Bonchev–Trinajstić information content (AvgIpc) is 3.40. The monoisotopic (exact) mass is 531 g/mol. The summed E-state index contributed by atoms with van der Waals surface area (Å²) in [4.78, 5) is 34.0. The van der Waals surface area contributed by atoms with Crippen LogP contribution in [0.25, 0.3) is 10.9 Å². The predicted molar refractivity (Wildman–Crippen MR) is 135 cm³/mol. The highest BCUT2D eigenvalue weighted by molar-refractivity contribution is 5.90. The molecule has 38 heavy (non-hydrogen) atoms. The van der Waals surface area contributed by atoms with E-state index in [0.717, 1.165) is 36.6 Å². The molecule has 0 radical (unpaired) electrons. The van der Waals surface area contributed by atoms with E-state index in [9.17, 15) is 33.4 Å². The Morgan fingerprint density at radius 1 is 0.895 bits per heavy atom. The maximum atomic E-state index is 13.3. The van der Waals surface area contributed by atoms with Gasteiger partial charge in [-0.05, 0) is 25.0 Å². The second-order valence-electron chi connectivity index (χ2n) is 9.36. The van der Waals surface area contributed by atoms with Crippen molar-refractivity contribution in [1.82, 2.24) is 9.97 Å². The van der Waals surface area contributed by atoms with Crippen molar-refractivity contribution in [2.75, 3.05) is 41.3 Å². The lowest BCUT2D eigenvalue weighted by Gasteiger charge is -2.35. The van der Waals surface area contributed by atoms with Gasteiger partial charge < -0.3 is 15.1 Å². The topological polar surface area (TPSA) is 131 Å². The normalized spacial score (nSPS) is 16.7. The Kier molecular flexibility index (Phi) is 6.63. The Morgan fingerprint density at radius 2 is 1.47 bits per heavy atom. The fourth-order valence-corrected chi connectivity index (χ4v) is 5.08. The standard InChI is InChI=1S/C24H24F3N7O4/c25-24(26,27)15-13-19(33(35)36)21(20(14-15)34(37)38)31-9-11-32(12-10-31)23-29-18-8-4-3-7-17(18)22(30-23)28-16-5-1-2-6-16/h3-4,7-8,13-14,16H,1-2,5-6,9-12H2,(H,28,29,30). The van der Waals surface area contributed by atoms with Crippen molar-refractivity contribution in [1.29, 1.82) is 0 Å². The lowest BCUT2D eigenvalue weighted by atomic mass is 10.1. The molecule has 1 aliphatic carbocycles. The lowest BCUT2D eigenvalue weighted by Crippen LogP contribution is -2.47. The van der Waals surface area contributed by atoms with Crippen LogP contribution >= 0.6 is 0 Å². The van der Waals surface area contributed by atoms with E-state index in [1.54, 1.807) is 0 Å². The molecule has 3 aromatic rings. The molecule has 1 aromatic heterocycles. The molecule has 1 N–H and O–H groups in total. The van der Waals surface area contributed by atoms with E-state index < -0.39 is 38.6 Å². The van der Waals surface area contributed by atoms with E-state index >= 15 is 0 Å². The first-order valence-corrected chi connectivity index (χ1v) is 12.2. The lowest BCUT2D eigenvalue weighted by molar-refractivity contribution is -0.393. The van der Waals surface area contributed by atoms with Gasteiger partial charge in [0.2, 0.25) is 5.95 Å². The van der Waals surface area contributed by atoms with Crippen molar-refractivity contribution in [3.63, 3.8) is 0 Å². The van der Waals surface area contributed by atoms with Crippen LogP contribution in [0, 0.1) is 20.2 Å². The van der Waals surface area contributed by atoms with Gasteiger partial charge in [-0.1, -0.05) is 25.0 Å². The molecular formula is C24H24F3N7O4. The number of halogens is 3. The molecule has 0 bridgehead atoms. The molecular weight excluding hydrogens is 507 g/mol. The fourth-order valence-electron chi connectivity index (χ4n) is 5.08. The molecule has 2 heterocycles. The number of hydrogen-bond donors (Lipinski definition) is 1. The predicted octanol–water partition coefficient (Wildman–Crippen LogP) is 5.15. The van der Waals surface area contributed by atoms with Crippen LogP contribution in [0.4, 0.5) is 42.0 Å². The number of nitrogens with zero attached hydrogens (tertiary/aromatic N) is 6. The first-order valence-electron chi connectivity index (χ1n) is 12.2. The van der Waals surface area contributed by atoms with Crippen LogP contribution in [0.2, 0.25) is 0 Å². The third-order valence-electron chi connectivity index (χ3n) is 6.96. The second kappa shape index (κ2) is 9.91. The summed E-state index contributed by atoms with van der Waals surface area (Å²) in [5.41, 5.74) is -3.04. The molecule has 0 unspecified atom stereocenters. The number of para-hydroxylation sites is 1. The van der Waals surface area contributed by atoms with Crippen molar-refractivity contribution in [2.24, 2.45) is 0 Å². The van der Waals surface area contributed by atoms with Crippen molar-refractivity contribution in [2.45, 2.75) is 37.9 Å². The van der Waals surface area contributed by atoms with Gasteiger partial charge in [0, 0.05) is 49.7 Å². The molecule has 11 nitrogen and oxygen atoms in total. The summed E-state index contributed by atoms with van der Waals surface area (Å²) >= 11 is 0. The van der Waals surface area contributed by atoms with Crippen LogP contribution in [0.15, 0.2) is 36.4 Å². The highest BCUT2D eigenvalue weighted by Crippen LogP contribution is 2.43. The Bertz CT molecular complexity index is 1350. The summed E-state index contributed by atoms with van der Waals surface area (Å²) in [5, 5.41) is 27.7. The summed E-state index contributed by atoms with van der Waals surface area (Å²) < 4.78 is 39.8. The van der Waals surface area contributed by atoms with Crippen LogP contribution in [0.1, 0.15) is 31.2 Å². The summed E-state index contributed by atoms with van der Waals surface area (Å²) in [6.07, 6.45) is -0.562. The van der Waals surface area contributed by atoms with Gasteiger partial charge in [0.1, 0.15) is 5.82 Å². The summed E-state index contributed by atoms with van der Waals surface area (Å²) in [5.74, 6) is 1.16. The molecule has 2 aliphatic rings. The van der Waals surface area contributed by atoms with Gasteiger partial charge >= 0.3 is 6.18 Å². The molecule has 1 saturated heterocycles. The smallest absolute Gasteiger partial charge is 0.367 e. The van der Waals surface area contributed by atoms with Crippen LogP contribution in [-0.4, -0.2) is 52.0 Å². The Balaban J connectivity index is 1.44. The molecule has 200 valence electrons. The van der Waals surface area contributed by atoms with E-state index in [1.807, 2.05) is 29.2 Å². The molecule has 1 aliphatic heterocycles. The van der Waals surface area contributed by atoms with E-state index in [2.05, 4.69) is 10.3 Å². The maximum absolute atomic E-state index is 13.3. The molecule has 5 rings (SSSR count). The number of hydrogen-bond acceptors (Lipinski definition) is 9. The van der Waals surface area contributed by atoms with Crippen molar-refractivity contribution < 1.29 is 23.0 Å². The number of anilines is 3. The number of alkyl halides is 3. The Labute approximate surface area is 214 Å². The van der Waals surface area contributed by atoms with Gasteiger partial charge in [0.15, 0.2) is 5.69 Å². The SMILES string of the molecule is O=[N+]([O-])c1cc(C(F)(F)F)cc([N+](=O)[O-])c1N1CCN(c2nc(NC3CCCC3)c3ccccc3n2)CC1. The third-order valence-corrected chi connectivity index (χ3v) is 6.96. The first-order chi connectivity index (χ1) is 18.1. The molecule has 0 atom stereocenters. The number of nitro groups is 2.